The number of carboxylic acids is 2. The summed E-state index contributed by atoms with van der Waals surface area (Å²) in [6.07, 6.45) is 8.34. The van der Waals surface area contributed by atoms with Gasteiger partial charge in [0.2, 0.25) is 0 Å². The Morgan fingerprint density at radius 3 is 2.15 bits per heavy atom. The summed E-state index contributed by atoms with van der Waals surface area (Å²) in [5.74, 6) is -2.07. The largest absolute Gasteiger partial charge is 0.481 e. The van der Waals surface area contributed by atoms with Crippen LogP contribution in [0.4, 0.5) is 0 Å². The van der Waals surface area contributed by atoms with Gasteiger partial charge in [-0.15, -0.1) is 0 Å². The van der Waals surface area contributed by atoms with E-state index in [1.54, 1.807) is 12.3 Å². The molecule has 8 nitrogen and oxygen atoms in total. The lowest BCUT2D eigenvalue weighted by atomic mass is 9.97. The average molecular weight is 641 g/mol. The molecule has 3 heterocycles. The van der Waals surface area contributed by atoms with Crippen molar-refractivity contribution in [2.24, 2.45) is 0 Å². The minimum Gasteiger partial charge on any atom is -0.481 e. The van der Waals surface area contributed by atoms with Gasteiger partial charge in [0.1, 0.15) is 0 Å². The van der Waals surface area contributed by atoms with Gasteiger partial charge in [0.15, 0.2) is 5.69 Å². The van der Waals surface area contributed by atoms with Crippen LogP contribution in [0.5, 0.6) is 0 Å². The zero-order valence-electron chi connectivity index (χ0n) is 27.2. The van der Waals surface area contributed by atoms with Crippen LogP contribution in [-0.4, -0.2) is 48.5 Å². The highest BCUT2D eigenvalue weighted by Gasteiger charge is 2.22. The van der Waals surface area contributed by atoms with Gasteiger partial charge in [-0.3, -0.25) is 19.7 Å². The van der Waals surface area contributed by atoms with Crippen LogP contribution in [0, 0.1) is 6.92 Å². The number of carboxylic acid groups (broad SMARTS) is 2. The Labute approximate surface area is 281 Å². The lowest BCUT2D eigenvalue weighted by Gasteiger charge is -2.23. The van der Waals surface area contributed by atoms with Crippen LogP contribution < -0.4 is 0 Å². The Morgan fingerprint density at radius 1 is 0.792 bits per heavy atom. The molecule has 0 fully saturated rings. The summed E-state index contributed by atoms with van der Waals surface area (Å²) in [6.45, 7) is 4.63. The molecule has 1 aliphatic rings. The summed E-state index contributed by atoms with van der Waals surface area (Å²) in [4.78, 5) is 39.8. The molecule has 2 N–H and O–H groups in total. The first kappa shape index (κ1) is 32.7. The summed E-state index contributed by atoms with van der Waals surface area (Å²) in [5.41, 5.74) is 10.4. The molecule has 2 aromatic carbocycles. The van der Waals surface area contributed by atoms with E-state index in [0.717, 1.165) is 74.3 Å². The number of nitrogens with zero attached hydrogens (tertiary/aromatic N) is 4. The van der Waals surface area contributed by atoms with E-state index in [-0.39, 0.29) is 18.5 Å². The maximum absolute atomic E-state index is 12.1. The minimum atomic E-state index is -1.15. The summed E-state index contributed by atoms with van der Waals surface area (Å²) >= 11 is 0. The maximum Gasteiger partial charge on any atom is 0.355 e. The lowest BCUT2D eigenvalue weighted by Crippen LogP contribution is -2.24. The fourth-order valence-corrected chi connectivity index (χ4v) is 6.62. The van der Waals surface area contributed by atoms with E-state index in [4.69, 9.17) is 15.1 Å². The Morgan fingerprint density at radius 2 is 1.50 bits per heavy atom. The Balaban J connectivity index is 1.23. The summed E-state index contributed by atoms with van der Waals surface area (Å²) in [6, 6.07) is 27.2. The number of aromatic carboxylic acids is 1. The summed E-state index contributed by atoms with van der Waals surface area (Å²) in [7, 11) is 0. The topological polar surface area (TPSA) is 117 Å². The second-order valence-electron chi connectivity index (χ2n) is 12.6. The van der Waals surface area contributed by atoms with E-state index < -0.39 is 11.9 Å². The fourth-order valence-electron chi connectivity index (χ4n) is 6.62. The molecule has 244 valence electrons. The number of pyridine rings is 3. The van der Waals surface area contributed by atoms with Crippen molar-refractivity contribution in [1.29, 1.82) is 0 Å². The van der Waals surface area contributed by atoms with Crippen LogP contribution in [0.1, 0.15) is 68.8 Å². The Bertz CT molecular complexity index is 1870. The third-order valence-corrected chi connectivity index (χ3v) is 8.93. The number of aryl methyl sites for hydroxylation is 4. The van der Waals surface area contributed by atoms with Gasteiger partial charge in [0.25, 0.3) is 0 Å². The lowest BCUT2D eigenvalue weighted by molar-refractivity contribution is -0.136. The van der Waals surface area contributed by atoms with Gasteiger partial charge in [0.05, 0.1) is 11.4 Å². The standard InChI is InChI=1S/C40H40N4O4/c1-27-20-32(24-42-37(27)35-21-30(17-18-36(45)46)23-41-39(35)40(47)48)38-34-16-8-14-31(34)22-33(43-38)15-9-19-44(25-28-10-4-2-5-11-28)26-29-12-6-3-7-13-29/h2-7,10-13,20-24H,8-9,14-19,25-26H2,1H3,(H,45,46)(H,47,48). The number of hydrogen-bond donors (Lipinski definition) is 2. The SMILES string of the molecule is Cc1cc(-c2nc(CCCN(Cc3ccccc3)Cc3ccccc3)cc3c2CCC3)cnc1-c1cc(CCC(=O)O)cnc1C(=O)O. The predicted octanol–water partition coefficient (Wildman–Crippen LogP) is 7.35. The summed E-state index contributed by atoms with van der Waals surface area (Å²) < 4.78 is 0. The van der Waals surface area contributed by atoms with Crippen molar-refractivity contribution in [2.45, 2.75) is 65.0 Å². The van der Waals surface area contributed by atoms with Gasteiger partial charge < -0.3 is 10.2 Å². The molecule has 0 radical (unpaired) electrons. The van der Waals surface area contributed by atoms with E-state index in [9.17, 15) is 14.7 Å². The van der Waals surface area contributed by atoms with Crippen LogP contribution in [0.2, 0.25) is 0 Å². The van der Waals surface area contributed by atoms with Crippen LogP contribution in [-0.2, 0) is 43.6 Å². The van der Waals surface area contributed by atoms with Crippen molar-refractivity contribution in [3.8, 4) is 22.5 Å². The molecule has 48 heavy (non-hydrogen) atoms. The van der Waals surface area contributed by atoms with E-state index in [2.05, 4.69) is 76.6 Å². The van der Waals surface area contributed by atoms with E-state index >= 15 is 0 Å². The van der Waals surface area contributed by atoms with Crippen LogP contribution in [0.25, 0.3) is 22.5 Å². The minimum absolute atomic E-state index is 0.0654. The summed E-state index contributed by atoms with van der Waals surface area (Å²) in [5, 5.41) is 19.0. The smallest absolute Gasteiger partial charge is 0.355 e. The van der Waals surface area contributed by atoms with Gasteiger partial charge in [0, 0.05) is 48.7 Å². The third kappa shape index (κ3) is 8.01. The molecule has 0 aliphatic heterocycles. The molecule has 0 atom stereocenters. The highest BCUT2D eigenvalue weighted by molar-refractivity contribution is 5.94. The van der Waals surface area contributed by atoms with Crippen LogP contribution in [0.15, 0.2) is 91.3 Å². The molecule has 6 rings (SSSR count). The second-order valence-corrected chi connectivity index (χ2v) is 12.6. The molecule has 5 aromatic rings. The number of hydrogen-bond acceptors (Lipinski definition) is 6. The van der Waals surface area contributed by atoms with Crippen molar-refractivity contribution in [1.82, 2.24) is 19.9 Å². The molecule has 8 heteroatoms. The molecule has 0 spiro atoms. The van der Waals surface area contributed by atoms with Crippen LogP contribution >= 0.6 is 0 Å². The van der Waals surface area contributed by atoms with E-state index in [1.807, 2.05) is 13.0 Å². The number of rotatable bonds is 14. The molecule has 3 aromatic heterocycles. The van der Waals surface area contributed by atoms with Crippen molar-refractivity contribution >= 4 is 11.9 Å². The van der Waals surface area contributed by atoms with Gasteiger partial charge in [-0.05, 0) is 104 Å². The van der Waals surface area contributed by atoms with E-state index in [0.29, 0.717) is 16.8 Å². The Kier molecular flexibility index (Phi) is 10.3. The van der Waals surface area contributed by atoms with Gasteiger partial charge in [-0.1, -0.05) is 60.7 Å². The number of aromatic nitrogens is 3. The van der Waals surface area contributed by atoms with Crippen LogP contribution in [0.3, 0.4) is 0 Å². The highest BCUT2D eigenvalue weighted by atomic mass is 16.4. The third-order valence-electron chi connectivity index (χ3n) is 8.93. The normalized spacial score (nSPS) is 12.3. The first-order chi connectivity index (χ1) is 23.3. The monoisotopic (exact) mass is 640 g/mol. The molecule has 0 saturated heterocycles. The number of benzene rings is 2. The second kappa shape index (κ2) is 15.1. The van der Waals surface area contributed by atoms with Gasteiger partial charge >= 0.3 is 11.9 Å². The first-order valence-electron chi connectivity index (χ1n) is 16.6. The first-order valence-corrected chi connectivity index (χ1v) is 16.6. The molecular formula is C40H40N4O4. The molecule has 0 saturated carbocycles. The molecular weight excluding hydrogens is 600 g/mol. The van der Waals surface area contributed by atoms with Crippen molar-refractivity contribution in [2.75, 3.05) is 6.54 Å². The Hall–Kier alpha value is -5.21. The van der Waals surface area contributed by atoms with Crippen molar-refractivity contribution < 1.29 is 19.8 Å². The highest BCUT2D eigenvalue weighted by Crippen LogP contribution is 2.34. The maximum atomic E-state index is 12.1. The van der Waals surface area contributed by atoms with Gasteiger partial charge in [-0.2, -0.15) is 0 Å². The number of fused-ring (bicyclic) bond motifs is 1. The number of aliphatic carboxylic acids is 1. The zero-order valence-corrected chi connectivity index (χ0v) is 27.2. The quantitative estimate of drug-likeness (QED) is 0.129. The van der Waals surface area contributed by atoms with Gasteiger partial charge in [-0.25, -0.2) is 9.78 Å². The predicted molar refractivity (Wildman–Crippen MR) is 186 cm³/mol. The zero-order chi connectivity index (χ0) is 33.5. The molecule has 0 amide bonds. The van der Waals surface area contributed by atoms with E-state index in [1.165, 1.54) is 28.5 Å². The fraction of sp³-hybridized carbons (Fsp3) is 0.275. The number of carbonyl (C=O) groups is 2. The van der Waals surface area contributed by atoms with Crippen molar-refractivity contribution in [3.05, 3.63) is 136 Å². The molecule has 1 aliphatic carbocycles. The average Bonchev–Trinajstić information content (AvgIpc) is 3.56. The molecule has 0 unspecified atom stereocenters. The van der Waals surface area contributed by atoms with Crippen molar-refractivity contribution in [3.63, 3.8) is 0 Å². The molecule has 0 bridgehead atoms.